The zero-order valence-corrected chi connectivity index (χ0v) is 11.5. The van der Waals surface area contributed by atoms with Gasteiger partial charge in [-0.3, -0.25) is 0 Å². The van der Waals surface area contributed by atoms with Crippen LogP contribution in [-0.4, -0.2) is 27.5 Å². The van der Waals surface area contributed by atoms with Crippen molar-refractivity contribution in [2.75, 3.05) is 19.1 Å². The van der Waals surface area contributed by atoms with Crippen molar-refractivity contribution in [2.24, 2.45) is 5.73 Å². The Morgan fingerprint density at radius 2 is 2.12 bits per heavy atom. The molecule has 16 heavy (non-hydrogen) atoms. The topological polar surface area (TPSA) is 69.4 Å². The minimum atomic E-state index is -3.08. The predicted octanol–water partition coefficient (Wildman–Crippen LogP) is 1.50. The normalized spacial score (nSPS) is 13.5. The van der Waals surface area contributed by atoms with Crippen LogP contribution in [0.25, 0.3) is 0 Å². The van der Waals surface area contributed by atoms with E-state index in [1.54, 1.807) is 25.3 Å². The van der Waals surface area contributed by atoms with Gasteiger partial charge in [-0.2, -0.15) is 0 Å². The molecule has 1 atom stereocenters. The number of nitrogens with two attached hydrogens (primary N) is 1. The number of rotatable bonds is 4. The molecule has 90 valence electrons. The standard InChI is InChI=1S/C10H14BrNO3S/c1-15-7-3-4-8(9(11)5-7)10(12)6-16(2,13)14/h3-5,10H,6,12H2,1-2H3. The summed E-state index contributed by atoms with van der Waals surface area (Å²) >= 11 is 3.34. The molecule has 2 N–H and O–H groups in total. The van der Waals surface area contributed by atoms with Crippen LogP contribution in [0.3, 0.4) is 0 Å². The van der Waals surface area contributed by atoms with E-state index in [1.807, 2.05) is 0 Å². The number of hydrogen-bond acceptors (Lipinski definition) is 4. The van der Waals surface area contributed by atoms with Crippen LogP contribution in [0.15, 0.2) is 22.7 Å². The van der Waals surface area contributed by atoms with E-state index in [4.69, 9.17) is 10.5 Å². The highest BCUT2D eigenvalue weighted by Crippen LogP contribution is 2.27. The molecule has 1 rings (SSSR count). The zero-order chi connectivity index (χ0) is 12.3. The lowest BCUT2D eigenvalue weighted by Crippen LogP contribution is -2.21. The molecule has 0 saturated heterocycles. The molecule has 1 aromatic carbocycles. The second-order valence-corrected chi connectivity index (χ2v) is 6.63. The maximum atomic E-state index is 11.1. The van der Waals surface area contributed by atoms with E-state index < -0.39 is 15.9 Å². The lowest BCUT2D eigenvalue weighted by atomic mass is 10.1. The third-order valence-corrected chi connectivity index (χ3v) is 3.74. The first kappa shape index (κ1) is 13.5. The van der Waals surface area contributed by atoms with Crippen LogP contribution in [0.4, 0.5) is 0 Å². The van der Waals surface area contributed by atoms with Crippen molar-refractivity contribution in [1.82, 2.24) is 0 Å². The van der Waals surface area contributed by atoms with E-state index in [-0.39, 0.29) is 5.75 Å². The molecule has 0 aliphatic carbocycles. The van der Waals surface area contributed by atoms with E-state index in [9.17, 15) is 8.42 Å². The first-order valence-corrected chi connectivity index (χ1v) is 7.45. The molecule has 6 heteroatoms. The molecular weight excluding hydrogens is 294 g/mol. The number of sulfone groups is 1. The molecule has 4 nitrogen and oxygen atoms in total. The highest BCUT2D eigenvalue weighted by molar-refractivity contribution is 9.10. The lowest BCUT2D eigenvalue weighted by Gasteiger charge is -2.13. The number of methoxy groups -OCH3 is 1. The number of halogens is 1. The average Bonchev–Trinajstić information content (AvgIpc) is 2.14. The Morgan fingerprint density at radius 1 is 1.50 bits per heavy atom. The van der Waals surface area contributed by atoms with Crippen molar-refractivity contribution in [1.29, 1.82) is 0 Å². The second-order valence-electron chi connectivity index (χ2n) is 3.59. The third kappa shape index (κ3) is 3.77. The van der Waals surface area contributed by atoms with Crippen LogP contribution in [-0.2, 0) is 9.84 Å². The van der Waals surface area contributed by atoms with Gasteiger partial charge in [0, 0.05) is 16.8 Å². The fourth-order valence-corrected chi connectivity index (χ4v) is 2.84. The van der Waals surface area contributed by atoms with Gasteiger partial charge in [0.2, 0.25) is 0 Å². The van der Waals surface area contributed by atoms with E-state index in [0.717, 1.165) is 10.0 Å². The maximum Gasteiger partial charge on any atom is 0.149 e. The molecule has 0 heterocycles. The summed E-state index contributed by atoms with van der Waals surface area (Å²) in [5.74, 6) is 0.625. The summed E-state index contributed by atoms with van der Waals surface area (Å²) < 4.78 is 28.1. The fourth-order valence-electron chi connectivity index (χ4n) is 1.35. The monoisotopic (exact) mass is 307 g/mol. The van der Waals surface area contributed by atoms with E-state index >= 15 is 0 Å². The van der Waals surface area contributed by atoms with E-state index in [1.165, 1.54) is 6.26 Å². The molecule has 0 aliphatic heterocycles. The molecule has 0 amide bonds. The van der Waals surface area contributed by atoms with Crippen molar-refractivity contribution in [3.8, 4) is 5.75 Å². The van der Waals surface area contributed by atoms with Gasteiger partial charge in [0.1, 0.15) is 15.6 Å². The molecule has 0 spiro atoms. The molecule has 0 saturated carbocycles. The number of ether oxygens (including phenoxy) is 1. The minimum Gasteiger partial charge on any atom is -0.497 e. The van der Waals surface area contributed by atoms with Crippen LogP contribution in [0, 0.1) is 0 Å². The van der Waals surface area contributed by atoms with Gasteiger partial charge in [-0.05, 0) is 17.7 Å². The van der Waals surface area contributed by atoms with Gasteiger partial charge >= 0.3 is 0 Å². The molecule has 0 bridgehead atoms. The van der Waals surface area contributed by atoms with Crippen molar-refractivity contribution in [2.45, 2.75) is 6.04 Å². The molecule has 1 unspecified atom stereocenters. The van der Waals surface area contributed by atoms with Gasteiger partial charge in [0.05, 0.1) is 12.9 Å². The summed E-state index contributed by atoms with van der Waals surface area (Å²) in [6.45, 7) is 0. The van der Waals surface area contributed by atoms with Crippen molar-refractivity contribution >= 4 is 25.8 Å². The quantitative estimate of drug-likeness (QED) is 0.915. The largest absolute Gasteiger partial charge is 0.497 e. The van der Waals surface area contributed by atoms with Gasteiger partial charge in [0.15, 0.2) is 0 Å². The number of benzene rings is 1. The molecule has 1 aromatic rings. The van der Waals surface area contributed by atoms with Gasteiger partial charge in [-0.25, -0.2) is 8.42 Å². The summed E-state index contributed by atoms with van der Waals surface area (Å²) in [6.07, 6.45) is 1.17. The van der Waals surface area contributed by atoms with Crippen LogP contribution >= 0.6 is 15.9 Å². The van der Waals surface area contributed by atoms with Crippen molar-refractivity contribution < 1.29 is 13.2 Å². The van der Waals surface area contributed by atoms with Gasteiger partial charge in [-0.1, -0.05) is 22.0 Å². The Kier molecular flexibility index (Phi) is 4.35. The SMILES string of the molecule is COc1ccc(C(N)CS(C)(=O)=O)c(Br)c1. The zero-order valence-electron chi connectivity index (χ0n) is 9.10. The first-order chi connectivity index (χ1) is 7.33. The Morgan fingerprint density at radius 3 is 2.56 bits per heavy atom. The molecule has 0 aliphatic rings. The fraction of sp³-hybridized carbons (Fsp3) is 0.400. The van der Waals surface area contributed by atoms with Crippen LogP contribution in [0.1, 0.15) is 11.6 Å². The summed E-state index contributed by atoms with van der Waals surface area (Å²) in [6, 6.07) is 4.74. The average molecular weight is 308 g/mol. The predicted molar refractivity (Wildman–Crippen MR) is 67.3 cm³/mol. The van der Waals surface area contributed by atoms with Crippen LogP contribution < -0.4 is 10.5 Å². The number of hydrogen-bond donors (Lipinski definition) is 1. The molecule has 0 fully saturated rings. The Labute approximate surface area is 104 Å². The lowest BCUT2D eigenvalue weighted by molar-refractivity contribution is 0.414. The van der Waals surface area contributed by atoms with Crippen molar-refractivity contribution in [3.63, 3.8) is 0 Å². The third-order valence-electron chi connectivity index (χ3n) is 2.09. The Hall–Kier alpha value is -0.590. The summed E-state index contributed by atoms with van der Waals surface area (Å²) in [4.78, 5) is 0. The maximum absolute atomic E-state index is 11.1. The van der Waals surface area contributed by atoms with Gasteiger partial charge < -0.3 is 10.5 Å². The van der Waals surface area contributed by atoms with Crippen LogP contribution in [0.5, 0.6) is 5.75 Å². The summed E-state index contributed by atoms with van der Waals surface area (Å²) in [5, 5.41) is 0. The van der Waals surface area contributed by atoms with Gasteiger partial charge in [-0.15, -0.1) is 0 Å². The smallest absolute Gasteiger partial charge is 0.149 e. The molecular formula is C10H14BrNO3S. The first-order valence-electron chi connectivity index (χ1n) is 4.60. The highest BCUT2D eigenvalue weighted by atomic mass is 79.9. The van der Waals surface area contributed by atoms with Crippen molar-refractivity contribution in [3.05, 3.63) is 28.2 Å². The minimum absolute atomic E-state index is 0.0715. The Balaban J connectivity index is 2.96. The second kappa shape index (κ2) is 5.16. The summed E-state index contributed by atoms with van der Waals surface area (Å²) in [7, 11) is -1.51. The molecule has 0 radical (unpaired) electrons. The van der Waals surface area contributed by atoms with Crippen LogP contribution in [0.2, 0.25) is 0 Å². The van der Waals surface area contributed by atoms with Gasteiger partial charge in [0.25, 0.3) is 0 Å². The van der Waals surface area contributed by atoms with E-state index in [2.05, 4.69) is 15.9 Å². The molecule has 0 aromatic heterocycles. The Bertz CT molecular complexity index is 473. The summed E-state index contributed by atoms with van der Waals surface area (Å²) in [5.41, 5.74) is 6.58. The van der Waals surface area contributed by atoms with E-state index in [0.29, 0.717) is 5.75 Å². The highest BCUT2D eigenvalue weighted by Gasteiger charge is 2.15.